The third-order valence-electron chi connectivity index (χ3n) is 6.34. The number of hydrogen-bond acceptors (Lipinski definition) is 1. The van der Waals surface area contributed by atoms with Crippen LogP contribution in [0.5, 0.6) is 0 Å². The van der Waals surface area contributed by atoms with E-state index < -0.39 is 0 Å². The van der Waals surface area contributed by atoms with Crippen LogP contribution in [0.2, 0.25) is 0 Å². The zero-order valence-electron chi connectivity index (χ0n) is 17.4. The van der Waals surface area contributed by atoms with Gasteiger partial charge < -0.3 is 26.6 Å². The maximum Gasteiger partial charge on any atom is 0.104 e. The highest BCUT2D eigenvalue weighted by Gasteiger charge is 2.33. The van der Waals surface area contributed by atoms with E-state index in [0.29, 0.717) is 5.92 Å². The van der Waals surface area contributed by atoms with Gasteiger partial charge in [0.1, 0.15) is 6.54 Å². The summed E-state index contributed by atoms with van der Waals surface area (Å²) in [6, 6.07) is 21.5. The van der Waals surface area contributed by atoms with E-state index in [2.05, 4.69) is 74.5 Å². The molecule has 1 heterocycles. The summed E-state index contributed by atoms with van der Waals surface area (Å²) >= 11 is 0. The van der Waals surface area contributed by atoms with E-state index in [1.165, 1.54) is 43.5 Å². The Balaban J connectivity index is 0.00000280. The lowest BCUT2D eigenvalue weighted by molar-refractivity contribution is -0.945. The Kier molecular flexibility index (Phi) is 9.20. The highest BCUT2D eigenvalue weighted by Crippen LogP contribution is 2.31. The van der Waals surface area contributed by atoms with Crippen molar-refractivity contribution in [1.82, 2.24) is 0 Å². The predicted octanol–water partition coefficient (Wildman–Crippen LogP) is 2.38. The lowest BCUT2D eigenvalue weighted by Gasteiger charge is -2.43. The molecular weight excluding hydrogens is 410 g/mol. The molecule has 0 spiro atoms. The molecule has 2 aromatic carbocycles. The maximum absolute atomic E-state index is 11.1. The van der Waals surface area contributed by atoms with Crippen molar-refractivity contribution in [3.05, 3.63) is 71.8 Å². The molecule has 3 rings (SSSR count). The monoisotopic (exact) mass is 445 g/mol. The highest BCUT2D eigenvalue weighted by molar-refractivity contribution is 5.21. The number of hydrogen-bond donors (Lipinski definition) is 1. The average molecular weight is 446 g/mol. The molecule has 3 heteroatoms. The van der Waals surface area contributed by atoms with Crippen molar-refractivity contribution < 1.29 is 26.6 Å². The summed E-state index contributed by atoms with van der Waals surface area (Å²) in [5.74, 6) is 0.652. The van der Waals surface area contributed by atoms with Crippen LogP contribution in [0.1, 0.15) is 56.6 Å². The third kappa shape index (κ3) is 6.17. The van der Waals surface area contributed by atoms with Gasteiger partial charge in [0.25, 0.3) is 0 Å². The number of aliphatic hydroxyl groups excluding tert-OH is 1. The van der Waals surface area contributed by atoms with Gasteiger partial charge in [-0.15, -0.1) is 0 Å². The Labute approximate surface area is 182 Å². The molecule has 1 N–H and O–H groups in total. The maximum atomic E-state index is 11.1. The zero-order valence-corrected chi connectivity index (χ0v) is 19.0. The van der Waals surface area contributed by atoms with Crippen molar-refractivity contribution in [2.45, 2.75) is 58.1 Å². The molecule has 2 unspecified atom stereocenters. The fraction of sp³-hybridized carbons (Fsp3) is 0.520. The Morgan fingerprint density at radius 3 is 2.00 bits per heavy atom. The van der Waals surface area contributed by atoms with Crippen LogP contribution in [-0.4, -0.2) is 35.3 Å². The minimum atomic E-state index is -0.278. The van der Waals surface area contributed by atoms with Gasteiger partial charge in [-0.05, 0) is 30.7 Å². The van der Waals surface area contributed by atoms with Gasteiger partial charge in [0.15, 0.2) is 0 Å². The number of piperidine rings is 1. The van der Waals surface area contributed by atoms with Gasteiger partial charge in [-0.2, -0.15) is 0 Å². The van der Waals surface area contributed by atoms with E-state index >= 15 is 0 Å². The Bertz CT molecular complexity index is 667. The number of benzene rings is 2. The van der Waals surface area contributed by atoms with Crippen LogP contribution in [0.3, 0.4) is 0 Å². The van der Waals surface area contributed by atoms with E-state index in [1.807, 2.05) is 0 Å². The molecule has 28 heavy (non-hydrogen) atoms. The highest BCUT2D eigenvalue weighted by atomic mass is 79.9. The molecule has 154 valence electrons. The minimum Gasteiger partial charge on any atom is -1.00 e. The number of halogens is 1. The molecule has 0 amide bonds. The molecule has 1 saturated heterocycles. The Hall–Kier alpha value is -1.16. The first-order chi connectivity index (χ1) is 13.1. The Morgan fingerprint density at radius 1 is 0.857 bits per heavy atom. The van der Waals surface area contributed by atoms with Crippen LogP contribution in [0.25, 0.3) is 0 Å². The van der Waals surface area contributed by atoms with Crippen LogP contribution < -0.4 is 17.0 Å². The molecular formula is C25H36BrNO. The lowest BCUT2D eigenvalue weighted by atomic mass is 9.82. The predicted molar refractivity (Wildman–Crippen MR) is 114 cm³/mol. The zero-order chi connectivity index (χ0) is 19.1. The summed E-state index contributed by atoms with van der Waals surface area (Å²) in [5, 5.41) is 11.1. The summed E-state index contributed by atoms with van der Waals surface area (Å²) in [5.41, 5.74) is 2.70. The Morgan fingerprint density at radius 2 is 1.43 bits per heavy atom. The van der Waals surface area contributed by atoms with E-state index in [-0.39, 0.29) is 29.0 Å². The average Bonchev–Trinajstić information content (AvgIpc) is 2.69. The van der Waals surface area contributed by atoms with Crippen molar-refractivity contribution in [3.8, 4) is 0 Å². The molecule has 1 aliphatic rings. The second-order valence-corrected chi connectivity index (χ2v) is 8.75. The summed E-state index contributed by atoms with van der Waals surface area (Å²) in [6.45, 7) is 9.14. The van der Waals surface area contributed by atoms with E-state index in [9.17, 15) is 5.11 Å². The van der Waals surface area contributed by atoms with Crippen molar-refractivity contribution in [3.63, 3.8) is 0 Å². The topological polar surface area (TPSA) is 20.2 Å². The molecule has 2 atom stereocenters. The van der Waals surface area contributed by atoms with Crippen LogP contribution in [0, 0.1) is 5.92 Å². The van der Waals surface area contributed by atoms with Crippen LogP contribution in [0.4, 0.5) is 0 Å². The quantitative estimate of drug-likeness (QED) is 0.618. The third-order valence-corrected chi connectivity index (χ3v) is 6.34. The van der Waals surface area contributed by atoms with Crippen molar-refractivity contribution in [2.24, 2.45) is 5.92 Å². The minimum absolute atomic E-state index is 0. The van der Waals surface area contributed by atoms with Gasteiger partial charge in [-0.3, -0.25) is 0 Å². The van der Waals surface area contributed by atoms with Gasteiger partial charge >= 0.3 is 0 Å². The van der Waals surface area contributed by atoms with Crippen LogP contribution >= 0.6 is 0 Å². The van der Waals surface area contributed by atoms with E-state index in [0.717, 1.165) is 24.0 Å². The number of likely N-dealkylation sites (tertiary alicyclic amines) is 1. The second kappa shape index (κ2) is 11.1. The summed E-state index contributed by atoms with van der Waals surface area (Å²) in [4.78, 5) is 0. The molecule has 2 nitrogen and oxygen atoms in total. The fourth-order valence-corrected chi connectivity index (χ4v) is 4.93. The molecule has 2 aromatic rings. The van der Waals surface area contributed by atoms with E-state index in [4.69, 9.17) is 0 Å². The molecule has 0 radical (unpaired) electrons. The molecule has 0 bridgehead atoms. The largest absolute Gasteiger partial charge is 1.00 e. The lowest BCUT2D eigenvalue weighted by Crippen LogP contribution is -3.00. The van der Waals surface area contributed by atoms with Crippen molar-refractivity contribution in [2.75, 3.05) is 19.6 Å². The summed E-state index contributed by atoms with van der Waals surface area (Å²) in [6.07, 6.45) is 4.59. The number of aliphatic hydroxyl groups is 1. The molecule has 0 aromatic heterocycles. The number of nitrogens with zero attached hydrogens (tertiary/aromatic N) is 1. The SMILES string of the molecule is CC(C)C(c1ccccc1)C(O)CC[N+]1(Cc2ccccc2)CCCCC1.[Br-]. The first kappa shape index (κ1) is 23.1. The molecule has 1 fully saturated rings. The van der Waals surface area contributed by atoms with Gasteiger partial charge in [-0.25, -0.2) is 0 Å². The normalized spacial score (nSPS) is 18.3. The second-order valence-electron chi connectivity index (χ2n) is 8.75. The van der Waals surface area contributed by atoms with Gasteiger partial charge in [0, 0.05) is 17.9 Å². The molecule has 0 saturated carbocycles. The number of quaternary nitrogens is 1. The van der Waals surface area contributed by atoms with Gasteiger partial charge in [0.05, 0.1) is 25.7 Å². The van der Waals surface area contributed by atoms with E-state index in [1.54, 1.807) is 0 Å². The molecule has 1 aliphatic heterocycles. The summed E-state index contributed by atoms with van der Waals surface area (Å²) < 4.78 is 1.14. The standard InChI is InChI=1S/C25H36NO.BrH/c1-21(2)25(23-14-8-4-9-15-23)24(27)16-19-26(17-10-5-11-18-26)20-22-12-6-3-7-13-22;/h3-4,6-9,12-15,21,24-25,27H,5,10-11,16-20H2,1-2H3;1H/q+1;/p-1. The first-order valence-corrected chi connectivity index (χ1v) is 10.7. The van der Waals surface area contributed by atoms with Gasteiger partial charge in [0.2, 0.25) is 0 Å². The first-order valence-electron chi connectivity index (χ1n) is 10.7. The molecule has 0 aliphatic carbocycles. The fourth-order valence-electron chi connectivity index (χ4n) is 4.93. The summed E-state index contributed by atoms with van der Waals surface area (Å²) in [7, 11) is 0. The number of rotatable bonds is 8. The smallest absolute Gasteiger partial charge is 0.104 e. The van der Waals surface area contributed by atoms with Gasteiger partial charge in [-0.1, -0.05) is 74.5 Å². The van der Waals surface area contributed by atoms with Crippen LogP contribution in [-0.2, 0) is 6.54 Å². The van der Waals surface area contributed by atoms with Crippen LogP contribution in [0.15, 0.2) is 60.7 Å². The van der Waals surface area contributed by atoms with Crippen molar-refractivity contribution >= 4 is 0 Å². The van der Waals surface area contributed by atoms with Crippen molar-refractivity contribution in [1.29, 1.82) is 0 Å².